The van der Waals surface area contributed by atoms with Gasteiger partial charge in [-0.1, -0.05) is 6.07 Å². The molecule has 0 aliphatic carbocycles. The Hall–Kier alpha value is -5.75. The number of nitrogens with two attached hydrogens (primary N) is 1. The van der Waals surface area contributed by atoms with E-state index < -0.39 is 47.2 Å². The average molecular weight is 660 g/mol. The molecule has 0 atom stereocenters. The molecule has 0 spiro atoms. The van der Waals surface area contributed by atoms with Gasteiger partial charge in [0.25, 0.3) is 20.2 Å². The summed E-state index contributed by atoms with van der Waals surface area (Å²) < 4.78 is 65.9. The quantitative estimate of drug-likeness (QED) is 0.0600. The van der Waals surface area contributed by atoms with Crippen molar-refractivity contribution < 1.29 is 36.2 Å². The maximum Gasteiger partial charge on any atom is 0.298 e. The fourth-order valence-corrected chi connectivity index (χ4v) is 5.79. The van der Waals surface area contributed by atoms with Gasteiger partial charge in [0, 0.05) is 16.6 Å². The van der Waals surface area contributed by atoms with E-state index in [9.17, 15) is 36.2 Å². The number of phenols is 2. The van der Waals surface area contributed by atoms with Gasteiger partial charge in [-0.2, -0.15) is 32.2 Å². The summed E-state index contributed by atoms with van der Waals surface area (Å²) in [5.74, 6) is -0.631. The molecule has 46 heavy (non-hydrogen) atoms. The van der Waals surface area contributed by atoms with Crippen molar-refractivity contribution in [3.63, 3.8) is 0 Å². The van der Waals surface area contributed by atoms with Crippen LogP contribution in [0.4, 0.5) is 28.4 Å². The largest absolute Gasteiger partial charge is 0.506 e. The topological polar surface area (TPSA) is 253 Å². The second kappa shape index (κ2) is 11.3. The number of imidazole rings is 1. The van der Waals surface area contributed by atoms with Crippen LogP contribution in [0, 0.1) is 0 Å². The fourth-order valence-electron chi connectivity index (χ4n) is 4.53. The van der Waals surface area contributed by atoms with Crippen molar-refractivity contribution in [3.8, 4) is 22.9 Å². The summed E-state index contributed by atoms with van der Waals surface area (Å²) in [4.78, 5) is 6.44. The number of nitrogens with zero attached hydrogens (tertiary/aromatic N) is 5. The minimum atomic E-state index is -4.77. The highest BCUT2D eigenvalue weighted by Gasteiger charge is 2.22. The number of hydrogen-bond acceptors (Lipinski definition) is 12. The third-order valence-corrected chi connectivity index (χ3v) is 8.48. The van der Waals surface area contributed by atoms with Crippen molar-refractivity contribution in [2.24, 2.45) is 20.5 Å². The number of fused-ring (bicyclic) bond motifs is 2. The van der Waals surface area contributed by atoms with Gasteiger partial charge in [0.15, 0.2) is 5.75 Å². The molecule has 0 radical (unpaired) electrons. The number of nitrogen functional groups attached to an aromatic ring is 1. The van der Waals surface area contributed by atoms with Crippen LogP contribution in [0.5, 0.6) is 11.5 Å². The van der Waals surface area contributed by atoms with Crippen LogP contribution in [-0.2, 0) is 20.2 Å². The van der Waals surface area contributed by atoms with Crippen molar-refractivity contribution in [1.82, 2.24) is 9.97 Å². The number of benzene rings is 5. The minimum absolute atomic E-state index is 0.0921. The molecule has 0 saturated heterocycles. The number of aromatic nitrogens is 2. The third kappa shape index (κ3) is 6.10. The summed E-state index contributed by atoms with van der Waals surface area (Å²) in [5, 5.41) is 37.0. The van der Waals surface area contributed by atoms with E-state index in [4.69, 9.17) is 5.73 Å². The summed E-state index contributed by atoms with van der Waals surface area (Å²) in [7, 11) is -9.41. The Morgan fingerprint density at radius 1 is 0.674 bits per heavy atom. The van der Waals surface area contributed by atoms with Gasteiger partial charge in [-0.25, -0.2) is 4.98 Å². The Bertz CT molecular complexity index is 2460. The van der Waals surface area contributed by atoms with E-state index in [1.54, 1.807) is 42.5 Å². The SMILES string of the molecule is Nc1ccc2cc(S(=O)(=O)O)c(N=Nc3ccc4[nH]c(-c5ccc(N=Nc6ccc(O)c(S(=O)(=O)O)c6)cc5)nc4c3)c(O)c2c1. The first-order valence-electron chi connectivity index (χ1n) is 13.0. The lowest BCUT2D eigenvalue weighted by molar-refractivity contribution is 0.443. The first-order chi connectivity index (χ1) is 21.8. The molecule has 0 saturated carbocycles. The molecule has 232 valence electrons. The average Bonchev–Trinajstić information content (AvgIpc) is 3.43. The van der Waals surface area contributed by atoms with Gasteiger partial charge >= 0.3 is 0 Å². The normalized spacial score (nSPS) is 12.6. The van der Waals surface area contributed by atoms with E-state index >= 15 is 0 Å². The summed E-state index contributed by atoms with van der Waals surface area (Å²) in [5.41, 5.74) is 8.33. The molecule has 6 aromatic rings. The Labute approximate surface area is 259 Å². The van der Waals surface area contributed by atoms with Crippen LogP contribution in [0.2, 0.25) is 0 Å². The smallest absolute Gasteiger partial charge is 0.298 e. The highest BCUT2D eigenvalue weighted by molar-refractivity contribution is 7.86. The van der Waals surface area contributed by atoms with E-state index in [0.717, 1.165) is 12.1 Å². The van der Waals surface area contributed by atoms with Crippen LogP contribution in [0.3, 0.4) is 0 Å². The number of H-pyrrole nitrogens is 1. The van der Waals surface area contributed by atoms with Gasteiger partial charge in [-0.15, -0.1) is 5.11 Å². The van der Waals surface area contributed by atoms with E-state index in [0.29, 0.717) is 39.2 Å². The Balaban J connectivity index is 1.26. The van der Waals surface area contributed by atoms with Crippen LogP contribution < -0.4 is 5.73 Å². The molecule has 1 heterocycles. The predicted molar refractivity (Wildman–Crippen MR) is 168 cm³/mol. The molecule has 1 aromatic heterocycles. The van der Waals surface area contributed by atoms with Crippen molar-refractivity contribution in [2.75, 3.05) is 5.73 Å². The molecule has 0 unspecified atom stereocenters. The molecule has 5 aromatic carbocycles. The van der Waals surface area contributed by atoms with Crippen molar-refractivity contribution in [3.05, 3.63) is 84.9 Å². The number of phenolic OH excluding ortho intramolecular Hbond substituents is 2. The monoisotopic (exact) mass is 659 g/mol. The molecule has 6 rings (SSSR count). The molecular weight excluding hydrogens is 638 g/mol. The molecule has 0 aliphatic rings. The zero-order chi connectivity index (χ0) is 32.8. The van der Waals surface area contributed by atoms with Gasteiger partial charge in [-0.3, -0.25) is 9.11 Å². The second-order valence-electron chi connectivity index (χ2n) is 9.89. The predicted octanol–water partition coefficient (Wildman–Crippen LogP) is 6.70. The number of azo groups is 2. The molecule has 0 amide bonds. The van der Waals surface area contributed by atoms with Crippen molar-refractivity contribution in [2.45, 2.75) is 9.79 Å². The second-order valence-corrected chi connectivity index (χ2v) is 12.7. The van der Waals surface area contributed by atoms with E-state index in [-0.39, 0.29) is 16.8 Å². The minimum Gasteiger partial charge on any atom is -0.506 e. The van der Waals surface area contributed by atoms with Gasteiger partial charge in [0.05, 0.1) is 28.1 Å². The number of aromatic amines is 1. The van der Waals surface area contributed by atoms with Crippen LogP contribution in [0.25, 0.3) is 33.2 Å². The Morgan fingerprint density at radius 3 is 2.02 bits per heavy atom. The number of aromatic hydroxyl groups is 2. The lowest BCUT2D eigenvalue weighted by Gasteiger charge is -2.09. The van der Waals surface area contributed by atoms with Crippen LogP contribution in [0.15, 0.2) is 115 Å². The van der Waals surface area contributed by atoms with Gasteiger partial charge in [0.2, 0.25) is 0 Å². The molecule has 15 nitrogen and oxygen atoms in total. The number of nitrogens with one attached hydrogen (secondary N) is 1. The zero-order valence-electron chi connectivity index (χ0n) is 23.1. The number of rotatable bonds is 7. The van der Waals surface area contributed by atoms with Gasteiger partial charge < -0.3 is 20.9 Å². The molecule has 0 fully saturated rings. The summed E-state index contributed by atoms with van der Waals surface area (Å²) in [6, 6.07) is 20.6. The summed E-state index contributed by atoms with van der Waals surface area (Å²) in [6.07, 6.45) is 0. The first kappa shape index (κ1) is 30.3. The first-order valence-corrected chi connectivity index (χ1v) is 15.9. The molecule has 0 bridgehead atoms. The van der Waals surface area contributed by atoms with Gasteiger partial charge in [-0.05, 0) is 84.2 Å². The highest BCUT2D eigenvalue weighted by Crippen LogP contribution is 2.42. The zero-order valence-corrected chi connectivity index (χ0v) is 24.8. The lowest BCUT2D eigenvalue weighted by Crippen LogP contribution is -1.99. The Kier molecular flexibility index (Phi) is 7.45. The number of anilines is 1. The summed E-state index contributed by atoms with van der Waals surface area (Å²) >= 11 is 0. The molecule has 7 N–H and O–H groups in total. The standard InChI is InChI=1S/C29H21N7O8S2/c30-17-4-1-16-11-26(46(42,43)44)27(28(38)21(16)12-17)36-35-19-7-9-22-23(13-19)32-29(31-22)15-2-5-18(6-3-15)33-34-20-8-10-24(37)25(14-20)45(39,40)41/h1-14,37-38H,30H2,(H,31,32)(H,39,40,41)(H,42,43,44). The van der Waals surface area contributed by atoms with Gasteiger partial charge in [0.1, 0.15) is 27.1 Å². The van der Waals surface area contributed by atoms with Crippen LogP contribution in [0.1, 0.15) is 0 Å². The van der Waals surface area contributed by atoms with Crippen LogP contribution in [-0.4, -0.2) is 46.1 Å². The molecule has 17 heteroatoms. The molecular formula is C29H21N7O8S2. The van der Waals surface area contributed by atoms with E-state index in [1.807, 2.05) is 0 Å². The maximum absolute atomic E-state index is 12.1. The number of hydrogen-bond donors (Lipinski definition) is 6. The summed E-state index contributed by atoms with van der Waals surface area (Å²) in [6.45, 7) is 0. The fraction of sp³-hybridized carbons (Fsp3) is 0. The van der Waals surface area contributed by atoms with E-state index in [1.165, 1.54) is 30.3 Å². The highest BCUT2D eigenvalue weighted by atomic mass is 32.2. The van der Waals surface area contributed by atoms with Crippen molar-refractivity contribution >= 4 is 70.5 Å². The lowest BCUT2D eigenvalue weighted by atomic mass is 10.1. The maximum atomic E-state index is 12.1. The van der Waals surface area contributed by atoms with Crippen LogP contribution >= 0.6 is 0 Å². The van der Waals surface area contributed by atoms with Crippen molar-refractivity contribution in [1.29, 1.82) is 0 Å². The third-order valence-electron chi connectivity index (χ3n) is 6.73. The van der Waals surface area contributed by atoms with E-state index in [2.05, 4.69) is 30.4 Å². The Morgan fingerprint density at radius 2 is 1.30 bits per heavy atom. The molecule has 0 aliphatic heterocycles.